The van der Waals surface area contributed by atoms with Crippen molar-refractivity contribution in [2.75, 3.05) is 11.1 Å². The minimum absolute atomic E-state index is 0.151. The zero-order valence-electron chi connectivity index (χ0n) is 13.0. The third kappa shape index (κ3) is 3.40. The first kappa shape index (κ1) is 15.2. The summed E-state index contributed by atoms with van der Waals surface area (Å²) in [7, 11) is 0. The first-order valence-electron chi connectivity index (χ1n) is 7.23. The molecule has 0 atom stereocenters. The van der Waals surface area contributed by atoms with E-state index in [4.69, 9.17) is 5.73 Å². The topological polar surface area (TPSA) is 68.0 Å². The van der Waals surface area contributed by atoms with Crippen molar-refractivity contribution in [3.63, 3.8) is 0 Å². The second kappa shape index (κ2) is 6.22. The minimum atomic E-state index is -0.151. The Morgan fingerprint density at radius 1 is 1.13 bits per heavy atom. The lowest BCUT2D eigenvalue weighted by molar-refractivity contribution is 0.102. The number of aromatic nitrogens is 1. The second-order valence-electron chi connectivity index (χ2n) is 5.42. The average Bonchev–Trinajstić information content (AvgIpc) is 2.98. The summed E-state index contributed by atoms with van der Waals surface area (Å²) in [4.78, 5) is 16.8. The van der Waals surface area contributed by atoms with E-state index in [1.165, 1.54) is 16.9 Å². The van der Waals surface area contributed by atoms with E-state index in [0.717, 1.165) is 16.8 Å². The summed E-state index contributed by atoms with van der Waals surface area (Å²) in [6.45, 7) is 4.02. The predicted molar refractivity (Wildman–Crippen MR) is 95.8 cm³/mol. The fourth-order valence-electron chi connectivity index (χ4n) is 2.21. The molecule has 4 nitrogen and oxygen atoms in total. The molecule has 0 unspecified atom stereocenters. The predicted octanol–water partition coefficient (Wildman–Crippen LogP) is 4.26. The highest BCUT2D eigenvalue weighted by atomic mass is 32.1. The number of carbonyl (C=O) groups excluding carboxylic acids is 1. The van der Waals surface area contributed by atoms with Crippen molar-refractivity contribution >= 4 is 28.1 Å². The van der Waals surface area contributed by atoms with E-state index in [0.29, 0.717) is 16.4 Å². The number of hydrogen-bond donors (Lipinski definition) is 2. The zero-order valence-corrected chi connectivity index (χ0v) is 13.8. The van der Waals surface area contributed by atoms with Gasteiger partial charge in [-0.2, -0.15) is 0 Å². The van der Waals surface area contributed by atoms with Crippen LogP contribution < -0.4 is 11.1 Å². The number of nitrogen functional groups attached to an aromatic ring is 1. The summed E-state index contributed by atoms with van der Waals surface area (Å²) in [5.41, 5.74) is 11.1. The molecule has 0 saturated heterocycles. The van der Waals surface area contributed by atoms with E-state index in [1.54, 1.807) is 0 Å². The number of carbonyl (C=O) groups is 1. The van der Waals surface area contributed by atoms with Crippen molar-refractivity contribution < 1.29 is 4.79 Å². The van der Waals surface area contributed by atoms with Crippen LogP contribution in [0.1, 0.15) is 21.5 Å². The molecule has 0 aliphatic rings. The smallest absolute Gasteiger partial charge is 0.257 e. The van der Waals surface area contributed by atoms with Gasteiger partial charge in [-0.1, -0.05) is 18.2 Å². The molecule has 3 N–H and O–H groups in total. The van der Waals surface area contributed by atoms with Crippen LogP contribution in [0.4, 0.5) is 10.8 Å². The standard InChI is InChI=1S/C18H17N3OS/c1-11-6-7-14(8-12(11)2)17(22)21-18-20-16(10-23-18)13-4-3-5-15(19)9-13/h3-10H,19H2,1-2H3,(H,20,21,22). The van der Waals surface area contributed by atoms with Gasteiger partial charge in [-0.3, -0.25) is 10.1 Å². The number of nitrogens with two attached hydrogens (primary N) is 1. The summed E-state index contributed by atoms with van der Waals surface area (Å²) >= 11 is 1.40. The second-order valence-corrected chi connectivity index (χ2v) is 6.27. The van der Waals surface area contributed by atoms with Gasteiger partial charge in [0, 0.05) is 22.2 Å². The van der Waals surface area contributed by atoms with Gasteiger partial charge in [-0.15, -0.1) is 11.3 Å². The lowest BCUT2D eigenvalue weighted by Gasteiger charge is -2.05. The number of thiazole rings is 1. The number of nitrogens with one attached hydrogen (secondary N) is 1. The molecule has 1 aromatic heterocycles. The molecule has 0 aliphatic heterocycles. The summed E-state index contributed by atoms with van der Waals surface area (Å²) in [6, 6.07) is 13.2. The summed E-state index contributed by atoms with van der Waals surface area (Å²) < 4.78 is 0. The number of anilines is 2. The van der Waals surface area contributed by atoms with Gasteiger partial charge in [0.2, 0.25) is 0 Å². The van der Waals surface area contributed by atoms with E-state index in [9.17, 15) is 4.79 Å². The zero-order chi connectivity index (χ0) is 16.4. The molecule has 0 bridgehead atoms. The van der Waals surface area contributed by atoms with Crippen LogP contribution in [0.25, 0.3) is 11.3 Å². The first-order valence-corrected chi connectivity index (χ1v) is 8.11. The Hall–Kier alpha value is -2.66. The number of aryl methyl sites for hydroxylation is 2. The summed E-state index contributed by atoms with van der Waals surface area (Å²) in [5.74, 6) is -0.151. The van der Waals surface area contributed by atoms with Gasteiger partial charge in [0.15, 0.2) is 5.13 Å². The molecule has 0 aliphatic carbocycles. The lowest BCUT2D eigenvalue weighted by Crippen LogP contribution is -2.12. The average molecular weight is 323 g/mol. The normalized spacial score (nSPS) is 10.5. The molecule has 2 aromatic carbocycles. The Morgan fingerprint density at radius 2 is 1.96 bits per heavy atom. The van der Waals surface area contributed by atoms with Gasteiger partial charge in [0.25, 0.3) is 5.91 Å². The number of hydrogen-bond acceptors (Lipinski definition) is 4. The van der Waals surface area contributed by atoms with Crippen LogP contribution in [0.2, 0.25) is 0 Å². The highest BCUT2D eigenvalue weighted by Gasteiger charge is 2.11. The maximum Gasteiger partial charge on any atom is 0.257 e. The molecule has 0 spiro atoms. The van der Waals surface area contributed by atoms with Crippen LogP contribution in [-0.4, -0.2) is 10.9 Å². The van der Waals surface area contributed by atoms with E-state index >= 15 is 0 Å². The molecule has 116 valence electrons. The number of nitrogens with zero attached hydrogens (tertiary/aromatic N) is 1. The van der Waals surface area contributed by atoms with Crippen LogP contribution in [-0.2, 0) is 0 Å². The summed E-state index contributed by atoms with van der Waals surface area (Å²) in [6.07, 6.45) is 0. The molecule has 3 aromatic rings. The van der Waals surface area contributed by atoms with Gasteiger partial charge in [0.05, 0.1) is 5.69 Å². The van der Waals surface area contributed by atoms with Crippen LogP contribution >= 0.6 is 11.3 Å². The maximum atomic E-state index is 12.3. The molecule has 1 heterocycles. The molecule has 0 saturated carbocycles. The molecular formula is C18H17N3OS. The largest absolute Gasteiger partial charge is 0.399 e. The molecule has 3 rings (SSSR count). The van der Waals surface area contributed by atoms with Gasteiger partial charge >= 0.3 is 0 Å². The minimum Gasteiger partial charge on any atom is -0.399 e. The van der Waals surface area contributed by atoms with Gasteiger partial charge in [-0.05, 0) is 49.2 Å². The highest BCUT2D eigenvalue weighted by molar-refractivity contribution is 7.14. The van der Waals surface area contributed by atoms with Crippen LogP contribution in [0.5, 0.6) is 0 Å². The lowest BCUT2D eigenvalue weighted by atomic mass is 10.1. The van der Waals surface area contributed by atoms with Crippen molar-refractivity contribution in [1.29, 1.82) is 0 Å². The molecule has 1 amide bonds. The fraction of sp³-hybridized carbons (Fsp3) is 0.111. The third-order valence-corrected chi connectivity index (χ3v) is 4.43. The van der Waals surface area contributed by atoms with E-state index < -0.39 is 0 Å². The van der Waals surface area contributed by atoms with Crippen LogP contribution in [0.3, 0.4) is 0 Å². The van der Waals surface area contributed by atoms with Gasteiger partial charge < -0.3 is 5.73 Å². The Kier molecular flexibility index (Phi) is 4.12. The molecule has 5 heteroatoms. The Morgan fingerprint density at radius 3 is 2.70 bits per heavy atom. The third-order valence-electron chi connectivity index (χ3n) is 3.68. The maximum absolute atomic E-state index is 12.3. The Bertz CT molecular complexity index is 870. The Balaban J connectivity index is 1.78. The van der Waals surface area contributed by atoms with Crippen molar-refractivity contribution in [3.8, 4) is 11.3 Å². The number of rotatable bonds is 3. The first-order chi connectivity index (χ1) is 11.0. The van der Waals surface area contributed by atoms with Gasteiger partial charge in [-0.25, -0.2) is 4.98 Å². The Labute approximate surface area is 139 Å². The molecule has 0 radical (unpaired) electrons. The molecule has 23 heavy (non-hydrogen) atoms. The quantitative estimate of drug-likeness (QED) is 0.708. The number of benzene rings is 2. The molecule has 0 fully saturated rings. The van der Waals surface area contributed by atoms with Crippen molar-refractivity contribution in [3.05, 3.63) is 64.5 Å². The fourth-order valence-corrected chi connectivity index (χ4v) is 2.93. The number of amides is 1. The van der Waals surface area contributed by atoms with Gasteiger partial charge in [0.1, 0.15) is 0 Å². The van der Waals surface area contributed by atoms with Crippen molar-refractivity contribution in [2.24, 2.45) is 0 Å². The molecular weight excluding hydrogens is 306 g/mol. The van der Waals surface area contributed by atoms with E-state index in [1.807, 2.05) is 61.7 Å². The van der Waals surface area contributed by atoms with Crippen molar-refractivity contribution in [2.45, 2.75) is 13.8 Å². The summed E-state index contributed by atoms with van der Waals surface area (Å²) in [5, 5.41) is 5.33. The monoisotopic (exact) mass is 323 g/mol. The van der Waals surface area contributed by atoms with E-state index in [2.05, 4.69) is 10.3 Å². The van der Waals surface area contributed by atoms with Crippen LogP contribution in [0.15, 0.2) is 47.8 Å². The van der Waals surface area contributed by atoms with Crippen molar-refractivity contribution in [1.82, 2.24) is 4.98 Å². The highest BCUT2D eigenvalue weighted by Crippen LogP contribution is 2.26. The SMILES string of the molecule is Cc1ccc(C(=O)Nc2nc(-c3cccc(N)c3)cs2)cc1C. The van der Waals surface area contributed by atoms with Crippen LogP contribution in [0, 0.1) is 13.8 Å². The van der Waals surface area contributed by atoms with E-state index in [-0.39, 0.29) is 5.91 Å².